The van der Waals surface area contributed by atoms with Crippen molar-refractivity contribution in [2.24, 2.45) is 4.99 Å². The van der Waals surface area contributed by atoms with Gasteiger partial charge in [0.15, 0.2) is 5.96 Å². The maximum absolute atomic E-state index is 11.2. The van der Waals surface area contributed by atoms with Gasteiger partial charge in [-0.3, -0.25) is 4.79 Å². The minimum absolute atomic E-state index is 0. The van der Waals surface area contributed by atoms with E-state index in [4.69, 9.17) is 4.99 Å². The van der Waals surface area contributed by atoms with E-state index in [-0.39, 0.29) is 29.9 Å². The molecule has 3 N–H and O–H groups in total. The highest BCUT2D eigenvalue weighted by molar-refractivity contribution is 14.0. The maximum atomic E-state index is 11.2. The quantitative estimate of drug-likeness (QED) is 0.218. The van der Waals surface area contributed by atoms with Crippen LogP contribution in [0.15, 0.2) is 53.5 Å². The first-order chi connectivity index (χ1) is 13.1. The van der Waals surface area contributed by atoms with E-state index in [1.54, 1.807) is 0 Å². The summed E-state index contributed by atoms with van der Waals surface area (Å²) in [4.78, 5) is 15.9. The average Bonchev–Trinajstić information content (AvgIpc) is 2.65. The van der Waals surface area contributed by atoms with Crippen LogP contribution in [0.1, 0.15) is 43.4 Å². The van der Waals surface area contributed by atoms with Crippen LogP contribution >= 0.6 is 24.0 Å². The number of unbranched alkanes of at least 4 members (excludes halogenated alkanes) is 1. The minimum atomic E-state index is -0.0719. The van der Waals surface area contributed by atoms with Crippen molar-refractivity contribution in [2.45, 2.75) is 46.7 Å². The van der Waals surface area contributed by atoms with Gasteiger partial charge in [0.05, 0.1) is 6.54 Å². The van der Waals surface area contributed by atoms with Gasteiger partial charge in [-0.05, 0) is 36.6 Å². The monoisotopic (exact) mass is 494 g/mol. The first-order valence-corrected chi connectivity index (χ1v) is 9.51. The molecule has 0 fully saturated rings. The molecule has 152 valence electrons. The van der Waals surface area contributed by atoms with E-state index in [2.05, 4.69) is 54.1 Å². The highest BCUT2D eigenvalue weighted by Gasteiger charge is 2.01. The molecule has 0 aliphatic heterocycles. The van der Waals surface area contributed by atoms with Gasteiger partial charge in [-0.15, -0.1) is 24.0 Å². The van der Waals surface area contributed by atoms with Crippen LogP contribution in [0, 0.1) is 6.92 Å². The molecule has 2 aromatic carbocycles. The van der Waals surface area contributed by atoms with Gasteiger partial charge >= 0.3 is 0 Å². The van der Waals surface area contributed by atoms with Gasteiger partial charge < -0.3 is 16.0 Å². The molecule has 0 saturated carbocycles. The molecule has 0 saturated heterocycles. The smallest absolute Gasteiger partial charge is 0.221 e. The van der Waals surface area contributed by atoms with Crippen LogP contribution < -0.4 is 16.0 Å². The summed E-state index contributed by atoms with van der Waals surface area (Å²) >= 11 is 0. The minimum Gasteiger partial charge on any atom is -0.356 e. The second kappa shape index (κ2) is 13.1. The molecule has 28 heavy (non-hydrogen) atoms. The lowest BCUT2D eigenvalue weighted by Crippen LogP contribution is -2.37. The molecule has 0 heterocycles. The van der Waals surface area contributed by atoms with Crippen LogP contribution in [0.4, 0.5) is 5.69 Å². The molecule has 0 aromatic heterocycles. The van der Waals surface area contributed by atoms with Crippen molar-refractivity contribution in [1.29, 1.82) is 0 Å². The Kier molecular flexibility index (Phi) is 11.2. The number of benzene rings is 2. The summed E-state index contributed by atoms with van der Waals surface area (Å²) in [6.07, 6.45) is 2.24. The number of anilines is 1. The molecule has 0 aliphatic rings. The Hall–Kier alpha value is -2.09. The molecule has 6 heteroatoms. The van der Waals surface area contributed by atoms with Crippen molar-refractivity contribution >= 4 is 41.5 Å². The number of halogens is 1. The lowest BCUT2D eigenvalue weighted by Gasteiger charge is -2.13. The largest absolute Gasteiger partial charge is 0.356 e. The van der Waals surface area contributed by atoms with Gasteiger partial charge in [0.1, 0.15) is 0 Å². The molecule has 0 unspecified atom stereocenters. The molecule has 0 aliphatic carbocycles. The molecular formula is C22H31IN4O. The van der Waals surface area contributed by atoms with Gasteiger partial charge in [0.2, 0.25) is 5.91 Å². The third-order valence-corrected chi connectivity index (χ3v) is 4.07. The number of carbonyl (C=O) groups is 1. The van der Waals surface area contributed by atoms with Crippen LogP contribution in [0.25, 0.3) is 0 Å². The second-order valence-electron chi connectivity index (χ2n) is 6.67. The number of rotatable bonds is 8. The van der Waals surface area contributed by atoms with Crippen molar-refractivity contribution < 1.29 is 4.79 Å². The second-order valence-corrected chi connectivity index (χ2v) is 6.67. The van der Waals surface area contributed by atoms with Gasteiger partial charge in [0, 0.05) is 25.7 Å². The highest BCUT2D eigenvalue weighted by atomic mass is 127. The lowest BCUT2D eigenvalue weighted by molar-refractivity contribution is -0.114. The Morgan fingerprint density at radius 1 is 1.04 bits per heavy atom. The van der Waals surface area contributed by atoms with E-state index in [0.717, 1.165) is 43.1 Å². The zero-order chi connectivity index (χ0) is 19.5. The van der Waals surface area contributed by atoms with E-state index in [1.165, 1.54) is 18.1 Å². The fraction of sp³-hybridized carbons (Fsp3) is 0.364. The number of hydrogen-bond donors (Lipinski definition) is 3. The number of aliphatic imine (C=N–C) groups is 1. The number of carbonyl (C=O) groups excluding carboxylic acids is 1. The summed E-state index contributed by atoms with van der Waals surface area (Å²) in [7, 11) is 0. The van der Waals surface area contributed by atoms with Gasteiger partial charge in [-0.2, -0.15) is 0 Å². The molecule has 2 rings (SSSR count). The summed E-state index contributed by atoms with van der Waals surface area (Å²) in [5.74, 6) is 0.728. The van der Waals surface area contributed by atoms with Crippen LogP contribution in [0.5, 0.6) is 0 Å². The van der Waals surface area contributed by atoms with E-state index in [1.807, 2.05) is 24.3 Å². The molecule has 0 bridgehead atoms. The summed E-state index contributed by atoms with van der Waals surface area (Å²) in [5.41, 5.74) is 4.32. The number of nitrogens with zero attached hydrogens (tertiary/aromatic N) is 1. The van der Waals surface area contributed by atoms with Crippen molar-refractivity contribution in [3.8, 4) is 0 Å². The Morgan fingerprint density at radius 3 is 2.46 bits per heavy atom. The summed E-state index contributed by atoms with van der Waals surface area (Å²) < 4.78 is 0. The number of aryl methyl sites for hydroxylation is 1. The summed E-state index contributed by atoms with van der Waals surface area (Å²) in [6.45, 7) is 7.93. The van der Waals surface area contributed by atoms with E-state index >= 15 is 0 Å². The summed E-state index contributed by atoms with van der Waals surface area (Å²) in [5, 5.41) is 9.60. The topological polar surface area (TPSA) is 65.5 Å². The van der Waals surface area contributed by atoms with Crippen molar-refractivity contribution in [3.63, 3.8) is 0 Å². The lowest BCUT2D eigenvalue weighted by atomic mass is 10.1. The molecular weight excluding hydrogens is 463 g/mol. The Bertz CT molecular complexity index is 759. The number of amides is 1. The van der Waals surface area contributed by atoms with Gasteiger partial charge in [-0.25, -0.2) is 4.99 Å². The average molecular weight is 494 g/mol. The molecule has 0 spiro atoms. The Labute approximate surface area is 185 Å². The molecule has 1 amide bonds. The SMILES string of the molecule is CCCCNC(=NCc1cccc(NC(C)=O)c1)NCc1ccc(C)cc1.I. The maximum Gasteiger partial charge on any atom is 0.221 e. The molecule has 0 atom stereocenters. The standard InChI is InChI=1S/C22H30N4O.HI/c1-4-5-13-23-22(24-15-19-11-9-17(2)10-12-19)25-16-20-7-6-8-21(14-20)26-18(3)27;/h6-12,14H,4-5,13,15-16H2,1-3H3,(H,26,27)(H2,23,24,25);1H. The highest BCUT2D eigenvalue weighted by Crippen LogP contribution is 2.11. The zero-order valence-electron chi connectivity index (χ0n) is 16.9. The fourth-order valence-electron chi connectivity index (χ4n) is 2.57. The van der Waals surface area contributed by atoms with E-state index < -0.39 is 0 Å². The Morgan fingerprint density at radius 2 is 1.79 bits per heavy atom. The van der Waals surface area contributed by atoms with Crippen molar-refractivity contribution in [1.82, 2.24) is 10.6 Å². The van der Waals surface area contributed by atoms with Gasteiger partial charge in [0.25, 0.3) is 0 Å². The summed E-state index contributed by atoms with van der Waals surface area (Å²) in [6, 6.07) is 16.3. The third kappa shape index (κ3) is 9.21. The Balaban J connectivity index is 0.00000392. The van der Waals surface area contributed by atoms with E-state index in [0.29, 0.717) is 6.54 Å². The van der Waals surface area contributed by atoms with Crippen LogP contribution in [-0.4, -0.2) is 18.4 Å². The third-order valence-electron chi connectivity index (χ3n) is 4.07. The molecule has 0 radical (unpaired) electrons. The zero-order valence-corrected chi connectivity index (χ0v) is 19.2. The number of guanidine groups is 1. The predicted octanol–water partition coefficient (Wildman–Crippen LogP) is 4.61. The predicted molar refractivity (Wildman–Crippen MR) is 128 cm³/mol. The number of hydrogen-bond acceptors (Lipinski definition) is 2. The van der Waals surface area contributed by atoms with Crippen molar-refractivity contribution in [2.75, 3.05) is 11.9 Å². The van der Waals surface area contributed by atoms with Gasteiger partial charge in [-0.1, -0.05) is 55.3 Å². The van der Waals surface area contributed by atoms with Crippen LogP contribution in [0.2, 0.25) is 0 Å². The van der Waals surface area contributed by atoms with E-state index in [9.17, 15) is 4.79 Å². The first-order valence-electron chi connectivity index (χ1n) is 9.51. The normalized spacial score (nSPS) is 10.8. The van der Waals surface area contributed by atoms with Crippen molar-refractivity contribution in [3.05, 3.63) is 65.2 Å². The molecule has 2 aromatic rings. The van der Waals surface area contributed by atoms with Crippen LogP contribution in [-0.2, 0) is 17.9 Å². The molecule has 5 nitrogen and oxygen atoms in total. The number of nitrogens with one attached hydrogen (secondary N) is 3. The fourth-order valence-corrected chi connectivity index (χ4v) is 2.57. The van der Waals surface area contributed by atoms with Crippen LogP contribution in [0.3, 0.4) is 0 Å². The first kappa shape index (κ1) is 23.9.